The SMILES string of the molecule is CC(C)c1ccc(C(=O)c2cc3cccc(F)c3o2)cc1. The monoisotopic (exact) mass is 282 g/mol. The molecule has 0 saturated heterocycles. The smallest absolute Gasteiger partial charge is 0.228 e. The number of rotatable bonds is 3. The van der Waals surface area contributed by atoms with E-state index >= 15 is 0 Å². The summed E-state index contributed by atoms with van der Waals surface area (Å²) >= 11 is 0. The number of hydrogen-bond donors (Lipinski definition) is 0. The van der Waals surface area contributed by atoms with Crippen LogP contribution in [0, 0.1) is 5.82 Å². The number of fused-ring (bicyclic) bond motifs is 1. The fraction of sp³-hybridized carbons (Fsp3) is 0.167. The lowest BCUT2D eigenvalue weighted by Crippen LogP contribution is -2.00. The van der Waals surface area contributed by atoms with Crippen LogP contribution in [0.25, 0.3) is 11.0 Å². The number of hydrogen-bond acceptors (Lipinski definition) is 2. The molecule has 0 aliphatic heterocycles. The first-order valence-corrected chi connectivity index (χ1v) is 6.89. The molecule has 0 aliphatic rings. The Bertz CT molecular complexity index is 798. The summed E-state index contributed by atoms with van der Waals surface area (Å²) in [6.07, 6.45) is 0. The number of carbonyl (C=O) groups excluding carboxylic acids is 1. The molecule has 0 radical (unpaired) electrons. The van der Waals surface area contributed by atoms with Crippen molar-refractivity contribution in [3.05, 3.63) is 71.2 Å². The van der Waals surface area contributed by atoms with Crippen molar-refractivity contribution in [1.29, 1.82) is 0 Å². The quantitative estimate of drug-likeness (QED) is 0.638. The lowest BCUT2D eigenvalue weighted by atomic mass is 10.00. The molecule has 106 valence electrons. The van der Waals surface area contributed by atoms with E-state index in [1.807, 2.05) is 12.1 Å². The molecular formula is C18H15FO2. The molecule has 2 aromatic carbocycles. The van der Waals surface area contributed by atoms with E-state index in [4.69, 9.17) is 4.42 Å². The van der Waals surface area contributed by atoms with E-state index in [2.05, 4.69) is 13.8 Å². The Morgan fingerprint density at radius 3 is 2.43 bits per heavy atom. The van der Waals surface area contributed by atoms with Gasteiger partial charge in [-0.05, 0) is 23.6 Å². The number of carbonyl (C=O) groups is 1. The van der Waals surface area contributed by atoms with Gasteiger partial charge in [0.25, 0.3) is 0 Å². The highest BCUT2D eigenvalue weighted by molar-refractivity contribution is 6.09. The Morgan fingerprint density at radius 1 is 1.10 bits per heavy atom. The number of ketones is 1. The summed E-state index contributed by atoms with van der Waals surface area (Å²) in [5.41, 5.74) is 1.83. The highest BCUT2D eigenvalue weighted by Crippen LogP contribution is 2.24. The zero-order chi connectivity index (χ0) is 15.0. The van der Waals surface area contributed by atoms with Crippen molar-refractivity contribution >= 4 is 16.8 Å². The van der Waals surface area contributed by atoms with Crippen molar-refractivity contribution in [2.75, 3.05) is 0 Å². The van der Waals surface area contributed by atoms with Crippen molar-refractivity contribution in [3.8, 4) is 0 Å². The maximum absolute atomic E-state index is 13.6. The van der Waals surface area contributed by atoms with Gasteiger partial charge in [-0.15, -0.1) is 0 Å². The first-order valence-electron chi connectivity index (χ1n) is 6.89. The number of furan rings is 1. The summed E-state index contributed by atoms with van der Waals surface area (Å²) in [6.45, 7) is 4.19. The summed E-state index contributed by atoms with van der Waals surface area (Å²) in [5, 5.41) is 0.595. The van der Waals surface area contributed by atoms with Crippen molar-refractivity contribution in [2.24, 2.45) is 0 Å². The van der Waals surface area contributed by atoms with Gasteiger partial charge in [0.15, 0.2) is 17.2 Å². The maximum atomic E-state index is 13.6. The molecule has 0 bridgehead atoms. The molecule has 0 unspecified atom stereocenters. The van der Waals surface area contributed by atoms with E-state index in [9.17, 15) is 9.18 Å². The topological polar surface area (TPSA) is 30.2 Å². The van der Waals surface area contributed by atoms with Gasteiger partial charge in [0.1, 0.15) is 0 Å². The third kappa shape index (κ3) is 2.47. The minimum atomic E-state index is -0.457. The summed E-state index contributed by atoms with van der Waals surface area (Å²) in [4.78, 5) is 12.4. The van der Waals surface area contributed by atoms with E-state index in [1.165, 1.54) is 11.6 Å². The fourth-order valence-electron chi connectivity index (χ4n) is 2.30. The van der Waals surface area contributed by atoms with Gasteiger partial charge in [-0.2, -0.15) is 0 Å². The van der Waals surface area contributed by atoms with E-state index in [0.29, 0.717) is 16.9 Å². The fourth-order valence-corrected chi connectivity index (χ4v) is 2.30. The van der Waals surface area contributed by atoms with Crippen LogP contribution in [0.4, 0.5) is 4.39 Å². The Labute approximate surface area is 122 Å². The standard InChI is InChI=1S/C18H15FO2/c1-11(2)12-6-8-13(9-7-12)17(20)16-10-14-4-3-5-15(19)18(14)21-16/h3-11H,1-2H3. The van der Waals surface area contributed by atoms with Crippen LogP contribution >= 0.6 is 0 Å². The molecule has 3 rings (SSSR count). The molecule has 0 aliphatic carbocycles. The molecule has 0 N–H and O–H groups in total. The van der Waals surface area contributed by atoms with Crippen LogP contribution in [0.5, 0.6) is 0 Å². The lowest BCUT2D eigenvalue weighted by Gasteiger charge is -2.05. The van der Waals surface area contributed by atoms with Crippen LogP contribution in [-0.4, -0.2) is 5.78 Å². The summed E-state index contributed by atoms with van der Waals surface area (Å²) in [7, 11) is 0. The molecule has 2 nitrogen and oxygen atoms in total. The van der Waals surface area contributed by atoms with Crippen LogP contribution in [0.15, 0.2) is 52.9 Å². The maximum Gasteiger partial charge on any atom is 0.228 e. The summed E-state index contributed by atoms with van der Waals surface area (Å²) < 4.78 is 19.0. The third-order valence-corrected chi connectivity index (χ3v) is 3.56. The second-order valence-corrected chi connectivity index (χ2v) is 5.37. The zero-order valence-corrected chi connectivity index (χ0v) is 11.9. The lowest BCUT2D eigenvalue weighted by molar-refractivity contribution is 0.101. The van der Waals surface area contributed by atoms with Gasteiger partial charge in [-0.25, -0.2) is 4.39 Å². The average Bonchev–Trinajstić information content (AvgIpc) is 2.92. The molecular weight excluding hydrogens is 267 g/mol. The Morgan fingerprint density at radius 2 is 1.81 bits per heavy atom. The first kappa shape index (κ1) is 13.6. The van der Waals surface area contributed by atoms with E-state index in [0.717, 1.165) is 0 Å². The van der Waals surface area contributed by atoms with Crippen LogP contribution in [-0.2, 0) is 0 Å². The minimum absolute atomic E-state index is 0.125. The highest BCUT2D eigenvalue weighted by Gasteiger charge is 2.16. The van der Waals surface area contributed by atoms with Gasteiger partial charge in [0, 0.05) is 10.9 Å². The number of benzene rings is 2. The molecule has 0 amide bonds. The highest BCUT2D eigenvalue weighted by atomic mass is 19.1. The van der Waals surface area contributed by atoms with Crippen LogP contribution in [0.1, 0.15) is 41.4 Å². The average molecular weight is 282 g/mol. The first-order chi connectivity index (χ1) is 10.1. The summed E-state index contributed by atoms with van der Waals surface area (Å²) in [5.74, 6) is -0.121. The predicted octanol–water partition coefficient (Wildman–Crippen LogP) is 4.93. The van der Waals surface area contributed by atoms with Gasteiger partial charge < -0.3 is 4.42 Å². The number of halogens is 1. The normalized spacial score (nSPS) is 11.2. The third-order valence-electron chi connectivity index (χ3n) is 3.56. The Hall–Kier alpha value is -2.42. The van der Waals surface area contributed by atoms with Gasteiger partial charge >= 0.3 is 0 Å². The second-order valence-electron chi connectivity index (χ2n) is 5.37. The molecule has 1 heterocycles. The largest absolute Gasteiger partial charge is 0.449 e. The molecule has 1 aromatic heterocycles. The molecule has 0 spiro atoms. The predicted molar refractivity (Wildman–Crippen MR) is 80.1 cm³/mol. The molecule has 3 aromatic rings. The van der Waals surface area contributed by atoms with Crippen LogP contribution < -0.4 is 0 Å². The minimum Gasteiger partial charge on any atom is -0.449 e. The van der Waals surface area contributed by atoms with Crippen molar-refractivity contribution in [2.45, 2.75) is 19.8 Å². The van der Waals surface area contributed by atoms with Crippen molar-refractivity contribution < 1.29 is 13.6 Å². The van der Waals surface area contributed by atoms with E-state index < -0.39 is 5.82 Å². The summed E-state index contributed by atoms with van der Waals surface area (Å²) in [6, 6.07) is 13.6. The Kier molecular flexibility index (Phi) is 3.34. The van der Waals surface area contributed by atoms with Crippen molar-refractivity contribution in [3.63, 3.8) is 0 Å². The molecule has 0 saturated carbocycles. The van der Waals surface area contributed by atoms with Gasteiger partial charge in [-0.3, -0.25) is 4.79 Å². The van der Waals surface area contributed by atoms with Crippen molar-refractivity contribution in [1.82, 2.24) is 0 Å². The van der Waals surface area contributed by atoms with Crippen LogP contribution in [0.2, 0.25) is 0 Å². The molecule has 3 heteroatoms. The zero-order valence-electron chi connectivity index (χ0n) is 11.9. The van der Waals surface area contributed by atoms with Gasteiger partial charge in [-0.1, -0.05) is 50.2 Å². The van der Waals surface area contributed by atoms with Crippen LogP contribution in [0.3, 0.4) is 0 Å². The van der Waals surface area contributed by atoms with Gasteiger partial charge in [0.2, 0.25) is 5.78 Å². The Balaban J connectivity index is 1.98. The number of para-hydroxylation sites is 1. The second kappa shape index (κ2) is 5.17. The molecule has 0 fully saturated rings. The van der Waals surface area contributed by atoms with E-state index in [1.54, 1.807) is 30.3 Å². The molecule has 0 atom stereocenters. The van der Waals surface area contributed by atoms with E-state index in [-0.39, 0.29) is 17.1 Å². The van der Waals surface area contributed by atoms with Gasteiger partial charge in [0.05, 0.1) is 0 Å². The molecule has 21 heavy (non-hydrogen) atoms.